The van der Waals surface area contributed by atoms with Crippen molar-refractivity contribution in [2.45, 2.75) is 6.80 Å². The highest BCUT2D eigenvalue weighted by Crippen LogP contribution is 2.20. The van der Waals surface area contributed by atoms with Crippen molar-refractivity contribution in [3.63, 3.8) is 0 Å². The molecular weight excluding hydrogens is 233 g/mol. The van der Waals surface area contributed by atoms with E-state index in [4.69, 9.17) is 5.26 Å². The van der Waals surface area contributed by atoms with Crippen molar-refractivity contribution in [1.82, 2.24) is 19.4 Å². The normalized spacial score (nSPS) is 10.7. The monoisotopic (exact) mass is 241 g/mol. The minimum absolute atomic E-state index is 0.529. The first kappa shape index (κ1) is 10.5. The van der Waals surface area contributed by atoms with Crippen molar-refractivity contribution in [2.24, 2.45) is 0 Å². The van der Waals surface area contributed by atoms with Crippen LogP contribution in [-0.4, -0.2) is 19.4 Å². The van der Waals surface area contributed by atoms with Crippen LogP contribution in [0, 0.1) is 11.3 Å². The van der Waals surface area contributed by atoms with Crippen molar-refractivity contribution >= 4 is 5.52 Å². The first-order valence-corrected chi connectivity index (χ1v) is 5.28. The summed E-state index contributed by atoms with van der Waals surface area (Å²) in [5.74, 6) is 0. The Kier molecular flexibility index (Phi) is 2.31. The molecule has 18 heavy (non-hydrogen) atoms. The Morgan fingerprint density at radius 1 is 1.17 bits per heavy atom. The molecule has 0 amide bonds. The van der Waals surface area contributed by atoms with Crippen LogP contribution in [0.5, 0.6) is 0 Å². The van der Waals surface area contributed by atoms with E-state index in [1.54, 1.807) is 23.1 Å². The number of hydrogen-bond donors (Lipinski definition) is 0. The molecule has 0 fully saturated rings. The first-order chi connectivity index (χ1) is 8.81. The van der Waals surface area contributed by atoms with Crippen LogP contribution in [-0.2, 0) is 6.80 Å². The zero-order chi connectivity index (χ0) is 12.5. The van der Waals surface area contributed by atoms with E-state index in [1.807, 2.05) is 12.1 Å². The topological polar surface area (TPSA) is 58.9 Å². The SMILES string of the molecule is N#Cc1cnn2cc(-c3cnn(CF)c3)ccc12. The summed E-state index contributed by atoms with van der Waals surface area (Å²) in [7, 11) is 0. The number of nitriles is 1. The van der Waals surface area contributed by atoms with Gasteiger partial charge in [0, 0.05) is 23.5 Å². The van der Waals surface area contributed by atoms with Crippen molar-refractivity contribution in [2.75, 3.05) is 0 Å². The summed E-state index contributed by atoms with van der Waals surface area (Å²) in [6, 6.07) is 5.74. The molecule has 0 aliphatic heterocycles. The zero-order valence-corrected chi connectivity index (χ0v) is 9.29. The maximum Gasteiger partial charge on any atom is 0.181 e. The Morgan fingerprint density at radius 2 is 2.06 bits per heavy atom. The van der Waals surface area contributed by atoms with Gasteiger partial charge in [-0.3, -0.25) is 0 Å². The average Bonchev–Trinajstić information content (AvgIpc) is 3.04. The summed E-state index contributed by atoms with van der Waals surface area (Å²) in [4.78, 5) is 0. The number of hydrogen-bond acceptors (Lipinski definition) is 3. The molecule has 0 N–H and O–H groups in total. The highest BCUT2D eigenvalue weighted by atomic mass is 19.1. The van der Waals surface area contributed by atoms with Crippen LogP contribution in [0.3, 0.4) is 0 Å². The van der Waals surface area contributed by atoms with Gasteiger partial charge in [-0.2, -0.15) is 15.5 Å². The quantitative estimate of drug-likeness (QED) is 0.689. The molecule has 3 heterocycles. The molecule has 0 radical (unpaired) electrons. The van der Waals surface area contributed by atoms with Crippen LogP contribution in [0.2, 0.25) is 0 Å². The predicted molar refractivity (Wildman–Crippen MR) is 62.2 cm³/mol. The van der Waals surface area contributed by atoms with Crippen LogP contribution >= 0.6 is 0 Å². The molecule has 0 atom stereocenters. The molecule has 0 unspecified atom stereocenters. The molecule has 3 aromatic heterocycles. The van der Waals surface area contributed by atoms with E-state index in [2.05, 4.69) is 16.3 Å². The second-order valence-corrected chi connectivity index (χ2v) is 3.81. The molecular formula is C12H8FN5. The maximum atomic E-state index is 12.4. The van der Waals surface area contributed by atoms with E-state index in [0.29, 0.717) is 5.56 Å². The summed E-state index contributed by atoms with van der Waals surface area (Å²) in [5.41, 5.74) is 2.96. The van der Waals surface area contributed by atoms with Gasteiger partial charge in [-0.05, 0) is 6.07 Å². The molecule has 0 saturated carbocycles. The number of rotatable bonds is 2. The molecule has 0 spiro atoms. The number of halogens is 1. The third-order valence-electron chi connectivity index (χ3n) is 2.73. The maximum absolute atomic E-state index is 12.4. The molecule has 0 saturated heterocycles. The van der Waals surface area contributed by atoms with Crippen LogP contribution in [0.1, 0.15) is 5.56 Å². The molecule has 0 aromatic carbocycles. The van der Waals surface area contributed by atoms with Gasteiger partial charge < -0.3 is 0 Å². The highest BCUT2D eigenvalue weighted by molar-refractivity contribution is 5.67. The van der Waals surface area contributed by atoms with Gasteiger partial charge >= 0.3 is 0 Å². The Morgan fingerprint density at radius 3 is 2.78 bits per heavy atom. The lowest BCUT2D eigenvalue weighted by Gasteiger charge is -1.98. The largest absolute Gasteiger partial charge is 0.241 e. The van der Waals surface area contributed by atoms with Crippen molar-refractivity contribution in [3.8, 4) is 17.2 Å². The van der Waals surface area contributed by atoms with Crippen LogP contribution < -0.4 is 0 Å². The van der Waals surface area contributed by atoms with Gasteiger partial charge in [-0.1, -0.05) is 6.07 Å². The average molecular weight is 241 g/mol. The first-order valence-electron chi connectivity index (χ1n) is 5.28. The second kappa shape index (κ2) is 3.96. The van der Waals surface area contributed by atoms with Gasteiger partial charge in [0.2, 0.25) is 0 Å². The van der Waals surface area contributed by atoms with E-state index >= 15 is 0 Å². The van der Waals surface area contributed by atoms with E-state index < -0.39 is 6.80 Å². The van der Waals surface area contributed by atoms with Gasteiger partial charge in [0.25, 0.3) is 0 Å². The van der Waals surface area contributed by atoms with Crippen molar-refractivity contribution in [1.29, 1.82) is 5.26 Å². The van der Waals surface area contributed by atoms with E-state index in [9.17, 15) is 4.39 Å². The third-order valence-corrected chi connectivity index (χ3v) is 2.73. The van der Waals surface area contributed by atoms with E-state index in [-0.39, 0.29) is 0 Å². The summed E-state index contributed by atoms with van der Waals surface area (Å²) >= 11 is 0. The highest BCUT2D eigenvalue weighted by Gasteiger charge is 2.06. The Bertz CT molecular complexity index is 749. The summed E-state index contributed by atoms with van der Waals surface area (Å²) < 4.78 is 15.2. The fourth-order valence-electron chi connectivity index (χ4n) is 1.82. The van der Waals surface area contributed by atoms with Gasteiger partial charge in [0.1, 0.15) is 6.07 Å². The molecule has 0 aliphatic rings. The third kappa shape index (κ3) is 1.53. The molecule has 6 heteroatoms. The van der Waals surface area contributed by atoms with Gasteiger partial charge in [-0.15, -0.1) is 0 Å². The van der Waals surface area contributed by atoms with Gasteiger partial charge in [0.15, 0.2) is 6.80 Å². The molecule has 5 nitrogen and oxygen atoms in total. The number of fused-ring (bicyclic) bond motifs is 1. The number of aromatic nitrogens is 4. The summed E-state index contributed by atoms with van der Waals surface area (Å²) in [6.45, 7) is -0.650. The zero-order valence-electron chi connectivity index (χ0n) is 9.29. The summed E-state index contributed by atoms with van der Waals surface area (Å²) in [5, 5.41) is 16.9. The van der Waals surface area contributed by atoms with E-state index in [1.165, 1.54) is 10.9 Å². The second-order valence-electron chi connectivity index (χ2n) is 3.81. The minimum Gasteiger partial charge on any atom is -0.241 e. The number of nitrogens with zero attached hydrogens (tertiary/aromatic N) is 5. The van der Waals surface area contributed by atoms with Crippen LogP contribution in [0.25, 0.3) is 16.6 Å². The van der Waals surface area contributed by atoms with Gasteiger partial charge in [-0.25, -0.2) is 13.6 Å². The fraction of sp³-hybridized carbons (Fsp3) is 0.0833. The lowest BCUT2D eigenvalue weighted by molar-refractivity contribution is 0.350. The fourth-order valence-corrected chi connectivity index (χ4v) is 1.82. The van der Waals surface area contributed by atoms with Crippen molar-refractivity contribution in [3.05, 3.63) is 42.5 Å². The number of alkyl halides is 1. The number of pyridine rings is 1. The summed E-state index contributed by atoms with van der Waals surface area (Å²) in [6.07, 6.45) is 6.52. The molecule has 3 rings (SSSR count). The lowest BCUT2D eigenvalue weighted by Crippen LogP contribution is -1.91. The van der Waals surface area contributed by atoms with Crippen molar-refractivity contribution < 1.29 is 4.39 Å². The lowest BCUT2D eigenvalue weighted by atomic mass is 10.1. The van der Waals surface area contributed by atoms with Crippen LogP contribution in [0.15, 0.2) is 36.9 Å². The van der Waals surface area contributed by atoms with Crippen LogP contribution in [0.4, 0.5) is 4.39 Å². The minimum atomic E-state index is -0.650. The molecule has 88 valence electrons. The molecule has 3 aromatic rings. The standard InChI is InChI=1S/C12H8FN5/c13-8-17-6-11(5-15-17)9-1-2-12-10(3-14)4-16-18(12)7-9/h1-2,4-7H,8H2. The Balaban J connectivity index is 2.11. The predicted octanol–water partition coefficient (Wildman–Crippen LogP) is 2.00. The molecule has 0 aliphatic carbocycles. The van der Waals surface area contributed by atoms with E-state index in [0.717, 1.165) is 16.6 Å². The van der Waals surface area contributed by atoms with Gasteiger partial charge in [0.05, 0.1) is 23.5 Å². The molecule has 0 bridgehead atoms. The Labute approximate surface area is 102 Å². The Hall–Kier alpha value is -2.68. The smallest absolute Gasteiger partial charge is 0.181 e.